The van der Waals surface area contributed by atoms with Crippen LogP contribution in [0.5, 0.6) is 5.75 Å². The van der Waals surface area contributed by atoms with Gasteiger partial charge in [0, 0.05) is 17.7 Å². The zero-order valence-corrected chi connectivity index (χ0v) is 14.1. The van der Waals surface area contributed by atoms with E-state index in [9.17, 15) is 4.79 Å². The van der Waals surface area contributed by atoms with Crippen LogP contribution in [-0.2, 0) is 10.5 Å². The minimum absolute atomic E-state index is 0.0624. The third-order valence-electron chi connectivity index (χ3n) is 3.92. The molecule has 4 heteroatoms. The summed E-state index contributed by atoms with van der Waals surface area (Å²) in [5.41, 5.74) is 3.59. The SMILES string of the molecule is Cc1ccc(CSCC(=O)N[C@H]2CCOc3ccccc32)cc1. The van der Waals surface area contributed by atoms with E-state index in [1.165, 1.54) is 11.1 Å². The number of para-hydroxylation sites is 1. The Hall–Kier alpha value is -1.94. The molecule has 1 N–H and O–H groups in total. The van der Waals surface area contributed by atoms with E-state index < -0.39 is 0 Å². The third kappa shape index (κ3) is 4.29. The molecule has 0 aliphatic carbocycles. The summed E-state index contributed by atoms with van der Waals surface area (Å²) >= 11 is 1.65. The Kier molecular flexibility index (Phi) is 5.23. The normalized spacial score (nSPS) is 16.3. The fourth-order valence-corrected chi connectivity index (χ4v) is 3.47. The summed E-state index contributed by atoms with van der Waals surface area (Å²) in [5.74, 6) is 2.31. The first kappa shape index (κ1) is 15.9. The third-order valence-corrected chi connectivity index (χ3v) is 4.92. The Morgan fingerprint density at radius 1 is 1.22 bits per heavy atom. The summed E-state index contributed by atoms with van der Waals surface area (Å²) in [6.45, 7) is 2.73. The maximum Gasteiger partial charge on any atom is 0.230 e. The number of fused-ring (bicyclic) bond motifs is 1. The highest BCUT2D eigenvalue weighted by Gasteiger charge is 2.22. The second-order valence-electron chi connectivity index (χ2n) is 5.77. The van der Waals surface area contributed by atoms with E-state index in [0.29, 0.717) is 12.4 Å². The van der Waals surface area contributed by atoms with Crippen LogP contribution in [0.15, 0.2) is 48.5 Å². The van der Waals surface area contributed by atoms with Crippen molar-refractivity contribution in [3.63, 3.8) is 0 Å². The predicted molar refractivity (Wildman–Crippen MR) is 94.8 cm³/mol. The van der Waals surface area contributed by atoms with Crippen molar-refractivity contribution >= 4 is 17.7 Å². The lowest BCUT2D eigenvalue weighted by molar-refractivity contribution is -0.119. The summed E-state index contributed by atoms with van der Waals surface area (Å²) in [7, 11) is 0. The number of benzene rings is 2. The fourth-order valence-electron chi connectivity index (χ4n) is 2.67. The van der Waals surface area contributed by atoms with Crippen LogP contribution < -0.4 is 10.1 Å². The van der Waals surface area contributed by atoms with Crippen molar-refractivity contribution in [3.8, 4) is 5.75 Å². The van der Waals surface area contributed by atoms with Crippen molar-refractivity contribution < 1.29 is 9.53 Å². The van der Waals surface area contributed by atoms with Gasteiger partial charge in [-0.15, -0.1) is 11.8 Å². The van der Waals surface area contributed by atoms with Gasteiger partial charge in [-0.25, -0.2) is 0 Å². The smallest absolute Gasteiger partial charge is 0.230 e. The average molecular weight is 327 g/mol. The molecule has 2 aromatic rings. The fraction of sp³-hybridized carbons (Fsp3) is 0.316. The van der Waals surface area contributed by atoms with Gasteiger partial charge in [-0.1, -0.05) is 48.0 Å². The Balaban J connectivity index is 1.49. The van der Waals surface area contributed by atoms with E-state index in [1.54, 1.807) is 11.8 Å². The molecule has 0 bridgehead atoms. The molecule has 2 aromatic carbocycles. The molecule has 3 rings (SSSR count). The van der Waals surface area contributed by atoms with Gasteiger partial charge in [0.1, 0.15) is 5.75 Å². The molecule has 0 unspecified atom stereocenters. The van der Waals surface area contributed by atoms with Gasteiger partial charge >= 0.3 is 0 Å². The molecular formula is C19H21NO2S. The lowest BCUT2D eigenvalue weighted by atomic mass is 10.0. The molecule has 1 amide bonds. The second kappa shape index (κ2) is 7.55. The van der Waals surface area contributed by atoms with Crippen molar-refractivity contribution in [1.29, 1.82) is 0 Å². The zero-order chi connectivity index (χ0) is 16.1. The quantitative estimate of drug-likeness (QED) is 0.906. The number of amides is 1. The molecule has 3 nitrogen and oxygen atoms in total. The van der Waals surface area contributed by atoms with Crippen LogP contribution in [0.25, 0.3) is 0 Å². The summed E-state index contributed by atoms with van der Waals surface area (Å²) < 4.78 is 5.63. The molecule has 23 heavy (non-hydrogen) atoms. The summed E-state index contributed by atoms with van der Waals surface area (Å²) in [6.07, 6.45) is 0.825. The van der Waals surface area contributed by atoms with Crippen LogP contribution in [0.1, 0.15) is 29.2 Å². The number of hydrogen-bond acceptors (Lipinski definition) is 3. The van der Waals surface area contributed by atoms with Crippen LogP contribution >= 0.6 is 11.8 Å². The molecule has 1 atom stereocenters. The molecule has 0 spiro atoms. The largest absolute Gasteiger partial charge is 0.493 e. The number of carbonyl (C=O) groups is 1. The highest BCUT2D eigenvalue weighted by atomic mass is 32.2. The maximum atomic E-state index is 12.2. The standard InChI is InChI=1S/C19H21NO2S/c1-14-6-8-15(9-7-14)12-23-13-19(21)20-17-10-11-22-18-5-3-2-4-16(17)18/h2-9,17H,10-13H2,1H3,(H,20,21)/t17-/m0/s1. The maximum absolute atomic E-state index is 12.2. The Bertz CT molecular complexity index is 669. The predicted octanol–water partition coefficient (Wildman–Crippen LogP) is 3.87. The highest BCUT2D eigenvalue weighted by molar-refractivity contribution is 7.99. The first-order chi connectivity index (χ1) is 11.2. The zero-order valence-electron chi connectivity index (χ0n) is 13.2. The second-order valence-corrected chi connectivity index (χ2v) is 6.76. The summed E-state index contributed by atoms with van der Waals surface area (Å²) in [5, 5.41) is 3.13. The van der Waals surface area contributed by atoms with E-state index in [-0.39, 0.29) is 11.9 Å². The average Bonchev–Trinajstić information content (AvgIpc) is 2.57. The minimum Gasteiger partial charge on any atom is -0.493 e. The highest BCUT2D eigenvalue weighted by Crippen LogP contribution is 2.31. The summed E-state index contributed by atoms with van der Waals surface area (Å²) in [6, 6.07) is 16.4. The Labute approximate surface area is 141 Å². The van der Waals surface area contributed by atoms with Gasteiger partial charge in [-0.05, 0) is 18.6 Å². The molecule has 1 aliphatic rings. The minimum atomic E-state index is 0.0624. The number of nitrogens with one attached hydrogen (secondary N) is 1. The number of thioether (sulfide) groups is 1. The van der Waals surface area contributed by atoms with Crippen LogP contribution in [-0.4, -0.2) is 18.3 Å². The number of ether oxygens (including phenoxy) is 1. The molecule has 1 aliphatic heterocycles. The van der Waals surface area contributed by atoms with E-state index in [0.717, 1.165) is 23.5 Å². The number of rotatable bonds is 5. The van der Waals surface area contributed by atoms with Crippen LogP contribution in [0.2, 0.25) is 0 Å². The molecule has 0 radical (unpaired) electrons. The Morgan fingerprint density at radius 3 is 2.83 bits per heavy atom. The first-order valence-corrected chi connectivity index (χ1v) is 9.02. The van der Waals surface area contributed by atoms with Crippen molar-refractivity contribution in [3.05, 3.63) is 65.2 Å². The molecule has 120 valence electrons. The van der Waals surface area contributed by atoms with Gasteiger partial charge in [-0.3, -0.25) is 4.79 Å². The monoisotopic (exact) mass is 327 g/mol. The van der Waals surface area contributed by atoms with Gasteiger partial charge in [0.25, 0.3) is 0 Å². The van der Waals surface area contributed by atoms with E-state index >= 15 is 0 Å². The van der Waals surface area contributed by atoms with Crippen LogP contribution in [0, 0.1) is 6.92 Å². The van der Waals surface area contributed by atoms with Gasteiger partial charge in [0.2, 0.25) is 5.91 Å². The molecule has 0 saturated heterocycles. The Morgan fingerprint density at radius 2 is 2.00 bits per heavy atom. The lowest BCUT2D eigenvalue weighted by Gasteiger charge is -2.26. The van der Waals surface area contributed by atoms with Crippen LogP contribution in [0.3, 0.4) is 0 Å². The molecule has 0 fully saturated rings. The van der Waals surface area contributed by atoms with Gasteiger partial charge in [-0.2, -0.15) is 0 Å². The van der Waals surface area contributed by atoms with Crippen LogP contribution in [0.4, 0.5) is 0 Å². The van der Waals surface area contributed by atoms with Crippen molar-refractivity contribution in [2.45, 2.75) is 25.1 Å². The van der Waals surface area contributed by atoms with Crippen molar-refractivity contribution in [2.75, 3.05) is 12.4 Å². The molecular weight excluding hydrogens is 306 g/mol. The van der Waals surface area contributed by atoms with Crippen molar-refractivity contribution in [1.82, 2.24) is 5.32 Å². The van der Waals surface area contributed by atoms with Gasteiger partial charge < -0.3 is 10.1 Å². The summed E-state index contributed by atoms with van der Waals surface area (Å²) in [4.78, 5) is 12.2. The number of carbonyl (C=O) groups excluding carboxylic acids is 1. The molecule has 1 heterocycles. The first-order valence-electron chi connectivity index (χ1n) is 7.87. The van der Waals surface area contributed by atoms with Gasteiger partial charge in [0.15, 0.2) is 0 Å². The number of aryl methyl sites for hydroxylation is 1. The molecule has 0 aromatic heterocycles. The van der Waals surface area contributed by atoms with E-state index in [4.69, 9.17) is 4.74 Å². The van der Waals surface area contributed by atoms with Gasteiger partial charge in [0.05, 0.1) is 18.4 Å². The number of hydrogen-bond donors (Lipinski definition) is 1. The lowest BCUT2D eigenvalue weighted by Crippen LogP contribution is -2.33. The molecule has 0 saturated carbocycles. The topological polar surface area (TPSA) is 38.3 Å². The van der Waals surface area contributed by atoms with Crippen molar-refractivity contribution in [2.24, 2.45) is 0 Å². The van der Waals surface area contributed by atoms with E-state index in [1.807, 2.05) is 24.3 Å². The van der Waals surface area contributed by atoms with E-state index in [2.05, 4.69) is 36.5 Å².